The quantitative estimate of drug-likeness (QED) is 0.831. The van der Waals surface area contributed by atoms with Crippen LogP contribution in [0.4, 0.5) is 0 Å². The summed E-state index contributed by atoms with van der Waals surface area (Å²) in [4.78, 5) is 15.6. The van der Waals surface area contributed by atoms with E-state index in [2.05, 4.69) is 10.3 Å². The first-order valence-corrected chi connectivity index (χ1v) is 5.01. The zero-order valence-electron chi connectivity index (χ0n) is 9.46. The highest BCUT2D eigenvalue weighted by molar-refractivity contribution is 5.85. The summed E-state index contributed by atoms with van der Waals surface area (Å²) in [6.07, 6.45) is 3.55. The standard InChI is InChI=1S/C11H14N2O2.2ClH/c1-15-11(14)10-7-13-6-9(10)8-3-2-4-12-5-8;;/h2-5,9-10,13H,6-7H2,1H3;2*1H/t9-,10+;;/m0../s1. The molecule has 17 heavy (non-hydrogen) atoms. The molecule has 0 unspecified atom stereocenters. The molecule has 0 radical (unpaired) electrons. The van der Waals surface area contributed by atoms with Crippen LogP contribution in [0.1, 0.15) is 11.5 Å². The molecule has 1 N–H and O–H groups in total. The lowest BCUT2D eigenvalue weighted by atomic mass is 9.90. The zero-order chi connectivity index (χ0) is 10.7. The number of aromatic nitrogens is 1. The number of pyridine rings is 1. The SMILES string of the molecule is COC(=O)[C@@H]1CNC[C@H]1c1cccnc1.Cl.Cl. The van der Waals surface area contributed by atoms with Gasteiger partial charge >= 0.3 is 5.97 Å². The van der Waals surface area contributed by atoms with Gasteiger partial charge < -0.3 is 10.1 Å². The smallest absolute Gasteiger partial charge is 0.310 e. The van der Waals surface area contributed by atoms with Crippen LogP contribution in [-0.2, 0) is 9.53 Å². The molecule has 0 aromatic carbocycles. The molecule has 0 bridgehead atoms. The molecule has 1 fully saturated rings. The number of hydrogen-bond donors (Lipinski definition) is 1. The molecule has 6 heteroatoms. The number of rotatable bonds is 2. The van der Waals surface area contributed by atoms with Gasteiger partial charge in [-0.15, -0.1) is 24.8 Å². The van der Waals surface area contributed by atoms with Gasteiger partial charge in [0.25, 0.3) is 0 Å². The molecule has 0 aliphatic carbocycles. The van der Waals surface area contributed by atoms with Crippen LogP contribution in [0.15, 0.2) is 24.5 Å². The van der Waals surface area contributed by atoms with Gasteiger partial charge in [-0.3, -0.25) is 9.78 Å². The molecule has 1 aliphatic heterocycles. The monoisotopic (exact) mass is 278 g/mol. The minimum Gasteiger partial charge on any atom is -0.469 e. The molecule has 1 aromatic rings. The van der Waals surface area contributed by atoms with Gasteiger partial charge in [-0.2, -0.15) is 0 Å². The lowest BCUT2D eigenvalue weighted by Gasteiger charge is -2.15. The molecule has 1 saturated heterocycles. The highest BCUT2D eigenvalue weighted by atomic mass is 35.5. The number of carbonyl (C=O) groups excluding carboxylic acids is 1. The first-order valence-electron chi connectivity index (χ1n) is 5.01. The van der Waals surface area contributed by atoms with Crippen molar-refractivity contribution < 1.29 is 9.53 Å². The van der Waals surface area contributed by atoms with Crippen LogP contribution in [0, 0.1) is 5.92 Å². The summed E-state index contributed by atoms with van der Waals surface area (Å²) in [6, 6.07) is 3.89. The van der Waals surface area contributed by atoms with E-state index in [1.165, 1.54) is 7.11 Å². The maximum absolute atomic E-state index is 11.5. The summed E-state index contributed by atoms with van der Waals surface area (Å²) >= 11 is 0. The van der Waals surface area contributed by atoms with Crippen molar-refractivity contribution in [3.63, 3.8) is 0 Å². The van der Waals surface area contributed by atoms with Gasteiger partial charge in [0, 0.05) is 31.4 Å². The van der Waals surface area contributed by atoms with Gasteiger partial charge in [0.05, 0.1) is 13.0 Å². The molecule has 2 atom stereocenters. The van der Waals surface area contributed by atoms with Gasteiger partial charge in [-0.1, -0.05) is 6.07 Å². The van der Waals surface area contributed by atoms with Crippen molar-refractivity contribution in [2.45, 2.75) is 5.92 Å². The Labute approximate surface area is 113 Å². The van der Waals surface area contributed by atoms with Crippen LogP contribution in [-0.4, -0.2) is 31.2 Å². The van der Waals surface area contributed by atoms with E-state index in [1.54, 1.807) is 6.20 Å². The first-order chi connectivity index (χ1) is 7.33. The van der Waals surface area contributed by atoms with Crippen LogP contribution >= 0.6 is 24.8 Å². The van der Waals surface area contributed by atoms with E-state index < -0.39 is 0 Å². The van der Waals surface area contributed by atoms with Crippen molar-refractivity contribution in [3.8, 4) is 0 Å². The fraction of sp³-hybridized carbons (Fsp3) is 0.455. The van der Waals surface area contributed by atoms with Gasteiger partial charge in [0.2, 0.25) is 0 Å². The Morgan fingerprint density at radius 2 is 2.24 bits per heavy atom. The van der Waals surface area contributed by atoms with Crippen LogP contribution < -0.4 is 5.32 Å². The van der Waals surface area contributed by atoms with Crippen molar-refractivity contribution >= 4 is 30.8 Å². The number of nitrogens with one attached hydrogen (secondary N) is 1. The third-order valence-corrected chi connectivity index (χ3v) is 2.83. The Balaban J connectivity index is 0.00000128. The largest absolute Gasteiger partial charge is 0.469 e. The summed E-state index contributed by atoms with van der Waals surface area (Å²) in [5, 5.41) is 3.21. The van der Waals surface area contributed by atoms with E-state index in [0.717, 1.165) is 12.1 Å². The van der Waals surface area contributed by atoms with Crippen molar-refractivity contribution in [3.05, 3.63) is 30.1 Å². The molecule has 0 amide bonds. The molecule has 2 rings (SSSR count). The normalized spacial score (nSPS) is 22.2. The van der Waals surface area contributed by atoms with E-state index in [-0.39, 0.29) is 42.6 Å². The second-order valence-corrected chi connectivity index (χ2v) is 3.68. The highest BCUT2D eigenvalue weighted by Gasteiger charge is 2.34. The summed E-state index contributed by atoms with van der Waals surface area (Å²) < 4.78 is 4.79. The molecule has 0 spiro atoms. The number of hydrogen-bond acceptors (Lipinski definition) is 4. The lowest BCUT2D eigenvalue weighted by molar-refractivity contribution is -0.145. The third-order valence-electron chi connectivity index (χ3n) is 2.83. The fourth-order valence-electron chi connectivity index (χ4n) is 2.02. The molecule has 2 heterocycles. The predicted octanol–water partition coefficient (Wildman–Crippen LogP) is 1.40. The Morgan fingerprint density at radius 1 is 1.47 bits per heavy atom. The third kappa shape index (κ3) is 3.56. The summed E-state index contributed by atoms with van der Waals surface area (Å²) in [6.45, 7) is 1.50. The van der Waals surface area contributed by atoms with E-state index in [9.17, 15) is 4.79 Å². The van der Waals surface area contributed by atoms with Crippen molar-refractivity contribution in [2.75, 3.05) is 20.2 Å². The van der Waals surface area contributed by atoms with Crippen LogP contribution in [0.2, 0.25) is 0 Å². The number of ether oxygens (including phenoxy) is 1. The number of carbonyl (C=O) groups is 1. The van der Waals surface area contributed by atoms with Crippen LogP contribution in [0.5, 0.6) is 0 Å². The Hall–Kier alpha value is -0.840. The average molecular weight is 279 g/mol. The van der Waals surface area contributed by atoms with Gasteiger partial charge in [0.1, 0.15) is 0 Å². The minimum absolute atomic E-state index is 0. The first kappa shape index (κ1) is 16.2. The number of methoxy groups -OCH3 is 1. The maximum Gasteiger partial charge on any atom is 0.310 e. The second-order valence-electron chi connectivity index (χ2n) is 3.68. The van der Waals surface area contributed by atoms with E-state index in [4.69, 9.17) is 4.74 Å². The van der Waals surface area contributed by atoms with Gasteiger partial charge in [0.15, 0.2) is 0 Å². The van der Waals surface area contributed by atoms with Gasteiger partial charge in [-0.05, 0) is 11.6 Å². The number of esters is 1. The predicted molar refractivity (Wildman–Crippen MR) is 69.8 cm³/mol. The maximum atomic E-state index is 11.5. The number of halogens is 2. The van der Waals surface area contributed by atoms with Gasteiger partial charge in [-0.25, -0.2) is 0 Å². The summed E-state index contributed by atoms with van der Waals surface area (Å²) in [5.41, 5.74) is 1.10. The van der Waals surface area contributed by atoms with Crippen molar-refractivity contribution in [1.29, 1.82) is 0 Å². The Bertz CT molecular complexity index is 349. The molecule has 1 aromatic heterocycles. The van der Waals surface area contributed by atoms with Crippen LogP contribution in [0.3, 0.4) is 0 Å². The Morgan fingerprint density at radius 3 is 2.82 bits per heavy atom. The lowest BCUT2D eigenvalue weighted by Crippen LogP contribution is -2.22. The highest BCUT2D eigenvalue weighted by Crippen LogP contribution is 2.28. The average Bonchev–Trinajstić information content (AvgIpc) is 2.78. The molecule has 0 saturated carbocycles. The number of nitrogens with zero attached hydrogens (tertiary/aromatic N) is 1. The van der Waals surface area contributed by atoms with E-state index in [0.29, 0.717) is 6.54 Å². The zero-order valence-corrected chi connectivity index (χ0v) is 11.1. The van der Waals surface area contributed by atoms with Crippen LogP contribution in [0.25, 0.3) is 0 Å². The summed E-state index contributed by atoms with van der Waals surface area (Å²) in [5.74, 6) is -0.0424. The topological polar surface area (TPSA) is 51.2 Å². The molecule has 1 aliphatic rings. The Kier molecular flexibility index (Phi) is 7.11. The van der Waals surface area contributed by atoms with Crippen molar-refractivity contribution in [1.82, 2.24) is 10.3 Å². The van der Waals surface area contributed by atoms with E-state index >= 15 is 0 Å². The minimum atomic E-state index is -0.145. The van der Waals surface area contributed by atoms with E-state index in [1.807, 2.05) is 18.3 Å². The molecular weight excluding hydrogens is 263 g/mol. The fourth-order valence-corrected chi connectivity index (χ4v) is 2.02. The second kappa shape index (κ2) is 7.48. The summed E-state index contributed by atoms with van der Waals surface area (Å²) in [7, 11) is 1.43. The molecule has 96 valence electrons. The molecular formula is C11H16Cl2N2O2. The molecule has 4 nitrogen and oxygen atoms in total. The van der Waals surface area contributed by atoms with Crippen molar-refractivity contribution in [2.24, 2.45) is 5.92 Å².